The van der Waals surface area contributed by atoms with E-state index in [1.807, 2.05) is 63.1 Å². The van der Waals surface area contributed by atoms with Crippen LogP contribution in [0.25, 0.3) is 0 Å². The fourth-order valence-corrected chi connectivity index (χ4v) is 3.60. The maximum Gasteiger partial charge on any atom is 0.238 e. The molecule has 1 aromatic heterocycles. The third-order valence-electron chi connectivity index (χ3n) is 5.84. The number of nitrogens with two attached hydrogens (primary N) is 2. The molecular weight excluding hydrogens is 378 g/mol. The van der Waals surface area contributed by atoms with E-state index in [2.05, 4.69) is 10.3 Å². The van der Waals surface area contributed by atoms with E-state index in [4.69, 9.17) is 11.5 Å². The number of rotatable bonds is 9. The number of benzene rings is 1. The molecule has 30 heavy (non-hydrogen) atoms. The van der Waals surface area contributed by atoms with E-state index < -0.39 is 17.4 Å². The molecule has 1 unspecified atom stereocenters. The Balaban J connectivity index is 2.36. The van der Waals surface area contributed by atoms with Crippen LogP contribution in [0.2, 0.25) is 0 Å². The molecule has 2 rings (SSSR count). The lowest BCUT2D eigenvalue weighted by Gasteiger charge is -2.43. The zero-order chi connectivity index (χ0) is 22.5. The molecule has 2 atom stereocenters. The maximum absolute atomic E-state index is 13.4. The zero-order valence-corrected chi connectivity index (χ0v) is 18.5. The number of primary amides is 1. The van der Waals surface area contributed by atoms with Crippen LogP contribution in [0.1, 0.15) is 37.5 Å². The number of nitrogens with zero attached hydrogens (tertiary/aromatic N) is 2. The highest BCUT2D eigenvalue weighted by molar-refractivity contribution is 5.92. The summed E-state index contributed by atoms with van der Waals surface area (Å²) in [7, 11) is 1.83. The molecule has 0 radical (unpaired) electrons. The van der Waals surface area contributed by atoms with Gasteiger partial charge in [0.2, 0.25) is 11.8 Å². The van der Waals surface area contributed by atoms with E-state index in [9.17, 15) is 9.59 Å². The van der Waals surface area contributed by atoms with Gasteiger partial charge in [0.05, 0.1) is 5.92 Å². The Morgan fingerprint density at radius 3 is 2.43 bits per heavy atom. The van der Waals surface area contributed by atoms with Gasteiger partial charge in [0, 0.05) is 18.8 Å². The van der Waals surface area contributed by atoms with Gasteiger partial charge in [-0.2, -0.15) is 0 Å². The average molecular weight is 412 g/mol. The van der Waals surface area contributed by atoms with Crippen LogP contribution in [-0.2, 0) is 22.6 Å². The number of nitrogens with one attached hydrogen (secondary N) is 1. The second kappa shape index (κ2) is 9.71. The Hall–Kier alpha value is -2.93. The summed E-state index contributed by atoms with van der Waals surface area (Å²) in [5.74, 6) is -1.02. The molecule has 0 aliphatic carbocycles. The van der Waals surface area contributed by atoms with Gasteiger partial charge in [-0.3, -0.25) is 14.5 Å². The summed E-state index contributed by atoms with van der Waals surface area (Å²) < 4.78 is 0. The third-order valence-corrected chi connectivity index (χ3v) is 5.84. The molecule has 0 aliphatic heterocycles. The summed E-state index contributed by atoms with van der Waals surface area (Å²) in [5.41, 5.74) is 13.2. The number of anilines is 1. The Morgan fingerprint density at radius 1 is 1.20 bits per heavy atom. The minimum absolute atomic E-state index is 0.0246. The van der Waals surface area contributed by atoms with Gasteiger partial charge in [-0.1, -0.05) is 35.9 Å². The number of aryl methyl sites for hydroxylation is 1. The molecule has 0 bridgehead atoms. The topological polar surface area (TPSA) is 114 Å². The maximum atomic E-state index is 13.4. The largest absolute Gasteiger partial charge is 0.384 e. The summed E-state index contributed by atoms with van der Waals surface area (Å²) in [4.78, 5) is 31.9. The number of carbonyl (C=O) groups is 2. The van der Waals surface area contributed by atoms with Crippen molar-refractivity contribution in [2.24, 2.45) is 11.7 Å². The molecule has 0 spiro atoms. The minimum Gasteiger partial charge on any atom is -0.384 e. The Kier molecular flexibility index (Phi) is 7.56. The van der Waals surface area contributed by atoms with Crippen LogP contribution in [0.4, 0.5) is 5.82 Å². The molecule has 0 saturated carbocycles. The molecule has 7 heteroatoms. The van der Waals surface area contributed by atoms with E-state index in [-0.39, 0.29) is 18.5 Å². The molecule has 7 nitrogen and oxygen atoms in total. The van der Waals surface area contributed by atoms with E-state index in [0.29, 0.717) is 12.2 Å². The van der Waals surface area contributed by atoms with Crippen LogP contribution in [0.15, 0.2) is 42.6 Å². The van der Waals surface area contributed by atoms with Gasteiger partial charge < -0.3 is 16.8 Å². The van der Waals surface area contributed by atoms with Gasteiger partial charge in [0.1, 0.15) is 11.4 Å². The van der Waals surface area contributed by atoms with E-state index in [1.165, 1.54) is 0 Å². The normalized spacial score (nSPS) is 14.4. The number of hydrogen-bond donors (Lipinski definition) is 3. The molecule has 2 amide bonds. The molecule has 0 fully saturated rings. The standard InChI is InChI=1S/C23H33N5O2/c1-15(2)28(5)23(4,22(25)30)19(12-17-8-6-7-16(3)11-17)21(29)27-14-18-9-10-20(24)26-13-18/h6-11,13,15,19H,12,14H2,1-5H3,(H2,24,26)(H2,25,30)(H,27,29)/t19-,23?/m1/s1. The number of nitrogen functional groups attached to an aromatic ring is 1. The van der Waals surface area contributed by atoms with Crippen molar-refractivity contribution in [3.8, 4) is 0 Å². The van der Waals surface area contributed by atoms with Gasteiger partial charge in [0.25, 0.3) is 0 Å². The molecule has 5 N–H and O–H groups in total. The van der Waals surface area contributed by atoms with Crippen LogP contribution in [0.5, 0.6) is 0 Å². The lowest BCUT2D eigenvalue weighted by Crippen LogP contribution is -2.64. The summed E-state index contributed by atoms with van der Waals surface area (Å²) in [6.45, 7) is 7.99. The highest BCUT2D eigenvalue weighted by Crippen LogP contribution is 2.29. The van der Waals surface area contributed by atoms with Gasteiger partial charge in [-0.25, -0.2) is 4.98 Å². The summed E-state index contributed by atoms with van der Waals surface area (Å²) in [6.07, 6.45) is 2.02. The van der Waals surface area contributed by atoms with E-state index >= 15 is 0 Å². The molecule has 162 valence electrons. The third kappa shape index (κ3) is 5.36. The Morgan fingerprint density at radius 2 is 1.90 bits per heavy atom. The predicted molar refractivity (Wildman–Crippen MR) is 119 cm³/mol. The SMILES string of the molecule is Cc1cccc(C[C@H](C(=O)NCc2ccc(N)nc2)C(C)(C(N)=O)N(C)C(C)C)c1. The number of pyridine rings is 1. The number of hydrogen-bond acceptors (Lipinski definition) is 5. The predicted octanol–water partition coefficient (Wildman–Crippen LogP) is 2.03. The van der Waals surface area contributed by atoms with Gasteiger partial charge >= 0.3 is 0 Å². The fourth-order valence-electron chi connectivity index (χ4n) is 3.60. The van der Waals surface area contributed by atoms with Crippen LogP contribution in [0.3, 0.4) is 0 Å². The quantitative estimate of drug-likeness (QED) is 0.584. The summed E-state index contributed by atoms with van der Waals surface area (Å²) in [6, 6.07) is 11.5. The monoisotopic (exact) mass is 411 g/mol. The zero-order valence-electron chi connectivity index (χ0n) is 18.5. The Labute approximate surface area is 178 Å². The average Bonchev–Trinajstić information content (AvgIpc) is 2.70. The van der Waals surface area contributed by atoms with Crippen molar-refractivity contribution in [3.05, 3.63) is 59.3 Å². The molecule has 1 heterocycles. The summed E-state index contributed by atoms with van der Waals surface area (Å²) in [5, 5.41) is 2.95. The van der Waals surface area contributed by atoms with Crippen molar-refractivity contribution >= 4 is 17.6 Å². The van der Waals surface area contributed by atoms with Crippen molar-refractivity contribution in [2.75, 3.05) is 12.8 Å². The number of amides is 2. The van der Waals surface area contributed by atoms with Crippen molar-refractivity contribution in [1.82, 2.24) is 15.2 Å². The second-order valence-corrected chi connectivity index (χ2v) is 8.27. The number of likely N-dealkylation sites (N-methyl/N-ethyl adjacent to an activating group) is 1. The lowest BCUT2D eigenvalue weighted by molar-refractivity contribution is -0.142. The van der Waals surface area contributed by atoms with Crippen molar-refractivity contribution in [1.29, 1.82) is 0 Å². The van der Waals surface area contributed by atoms with Crippen molar-refractivity contribution < 1.29 is 9.59 Å². The van der Waals surface area contributed by atoms with Gasteiger partial charge in [-0.15, -0.1) is 0 Å². The molecule has 1 aromatic carbocycles. The second-order valence-electron chi connectivity index (χ2n) is 8.27. The number of aromatic nitrogens is 1. The smallest absolute Gasteiger partial charge is 0.238 e. The first-order valence-electron chi connectivity index (χ1n) is 10.1. The van der Waals surface area contributed by atoms with Crippen LogP contribution >= 0.6 is 0 Å². The summed E-state index contributed by atoms with van der Waals surface area (Å²) >= 11 is 0. The first-order chi connectivity index (χ1) is 14.1. The minimum atomic E-state index is -1.17. The van der Waals surface area contributed by atoms with Crippen molar-refractivity contribution in [3.63, 3.8) is 0 Å². The van der Waals surface area contributed by atoms with Gasteiger partial charge in [0.15, 0.2) is 0 Å². The number of carbonyl (C=O) groups excluding carboxylic acids is 2. The van der Waals surface area contributed by atoms with Gasteiger partial charge in [-0.05, 0) is 58.4 Å². The molecule has 0 saturated heterocycles. The van der Waals surface area contributed by atoms with E-state index in [1.54, 1.807) is 19.2 Å². The first kappa shape index (κ1) is 23.3. The van der Waals surface area contributed by atoms with Crippen LogP contribution < -0.4 is 16.8 Å². The molecular formula is C23H33N5O2. The lowest BCUT2D eigenvalue weighted by atomic mass is 9.78. The fraction of sp³-hybridized carbons (Fsp3) is 0.435. The highest BCUT2D eigenvalue weighted by atomic mass is 16.2. The first-order valence-corrected chi connectivity index (χ1v) is 10.1. The molecule has 0 aliphatic rings. The molecule has 2 aromatic rings. The van der Waals surface area contributed by atoms with Crippen LogP contribution in [0, 0.1) is 12.8 Å². The van der Waals surface area contributed by atoms with Crippen LogP contribution in [-0.4, -0.2) is 40.3 Å². The van der Waals surface area contributed by atoms with Crippen molar-refractivity contribution in [2.45, 2.75) is 52.2 Å². The Bertz CT molecular complexity index is 881. The highest BCUT2D eigenvalue weighted by Gasteiger charge is 2.47. The van der Waals surface area contributed by atoms with E-state index in [0.717, 1.165) is 16.7 Å².